The number of hydrogen-bond acceptors (Lipinski definition) is 4. The topological polar surface area (TPSA) is 76.8 Å². The first-order chi connectivity index (χ1) is 12.2. The van der Waals surface area contributed by atoms with Gasteiger partial charge in [-0.3, -0.25) is 0 Å². The minimum Gasteiger partial charge on any atom is -0.490 e. The SMILES string of the molecule is N#Cc1ccc(OC2CCN(C(=O)O)CC2)cc1C=CN1CCCC1. The van der Waals surface area contributed by atoms with E-state index in [1.165, 1.54) is 17.7 Å². The van der Waals surface area contributed by atoms with E-state index in [0.717, 1.165) is 24.4 Å². The Hall–Kier alpha value is -2.68. The van der Waals surface area contributed by atoms with Crippen LogP contribution in [0.5, 0.6) is 5.75 Å². The number of hydrogen-bond donors (Lipinski definition) is 1. The molecule has 3 rings (SSSR count). The van der Waals surface area contributed by atoms with E-state index in [9.17, 15) is 10.1 Å². The van der Waals surface area contributed by atoms with E-state index >= 15 is 0 Å². The van der Waals surface area contributed by atoms with Crippen LogP contribution in [0.3, 0.4) is 0 Å². The van der Waals surface area contributed by atoms with Gasteiger partial charge in [0.1, 0.15) is 11.9 Å². The Labute approximate surface area is 147 Å². The van der Waals surface area contributed by atoms with Crippen LogP contribution in [-0.4, -0.2) is 53.3 Å². The predicted octanol–water partition coefficient (Wildman–Crippen LogP) is 3.15. The molecule has 2 heterocycles. The van der Waals surface area contributed by atoms with Crippen LogP contribution < -0.4 is 4.74 Å². The van der Waals surface area contributed by atoms with Crippen LogP contribution >= 0.6 is 0 Å². The summed E-state index contributed by atoms with van der Waals surface area (Å²) in [4.78, 5) is 14.6. The minimum absolute atomic E-state index is 0.0129. The van der Waals surface area contributed by atoms with Crippen molar-refractivity contribution in [2.45, 2.75) is 31.8 Å². The molecule has 0 unspecified atom stereocenters. The molecule has 0 atom stereocenters. The molecular formula is C19H23N3O3. The van der Waals surface area contributed by atoms with Gasteiger partial charge in [0.25, 0.3) is 0 Å². The van der Waals surface area contributed by atoms with Crippen LogP contribution in [0, 0.1) is 11.3 Å². The summed E-state index contributed by atoms with van der Waals surface area (Å²) in [7, 11) is 0. The first kappa shape index (κ1) is 17.2. The molecule has 2 aliphatic heterocycles. The first-order valence-corrected chi connectivity index (χ1v) is 8.76. The van der Waals surface area contributed by atoms with Crippen LogP contribution in [0.2, 0.25) is 0 Å². The minimum atomic E-state index is -0.869. The van der Waals surface area contributed by atoms with E-state index in [0.29, 0.717) is 31.5 Å². The Kier molecular flexibility index (Phi) is 5.44. The normalized spacial score (nSPS) is 18.5. The van der Waals surface area contributed by atoms with Crippen molar-refractivity contribution < 1.29 is 14.6 Å². The molecule has 6 heteroatoms. The molecule has 0 saturated carbocycles. The average molecular weight is 341 g/mol. The molecule has 2 aliphatic rings. The second-order valence-electron chi connectivity index (χ2n) is 6.51. The summed E-state index contributed by atoms with van der Waals surface area (Å²) in [6.45, 7) is 3.13. The van der Waals surface area contributed by atoms with Gasteiger partial charge in [-0.1, -0.05) is 0 Å². The molecule has 6 nitrogen and oxygen atoms in total. The fourth-order valence-electron chi connectivity index (χ4n) is 3.29. The summed E-state index contributed by atoms with van der Waals surface area (Å²) in [5.74, 6) is 0.730. The molecule has 0 radical (unpaired) electrons. The quantitative estimate of drug-likeness (QED) is 0.910. The standard InChI is InChI=1S/C19H23N3O3/c20-14-16-3-4-18(13-15(16)5-10-21-8-1-2-9-21)25-17-6-11-22(12-7-17)19(23)24/h3-5,10,13,17H,1-2,6-9,11-12H2,(H,23,24). The van der Waals surface area contributed by atoms with Crippen LogP contribution in [0.25, 0.3) is 6.08 Å². The molecule has 2 saturated heterocycles. The van der Waals surface area contributed by atoms with Crippen molar-refractivity contribution in [3.05, 3.63) is 35.5 Å². The van der Waals surface area contributed by atoms with Crippen LogP contribution in [0.1, 0.15) is 36.8 Å². The van der Waals surface area contributed by atoms with Gasteiger partial charge in [-0.25, -0.2) is 4.79 Å². The van der Waals surface area contributed by atoms with Crippen LogP contribution in [0.15, 0.2) is 24.4 Å². The molecule has 1 aromatic rings. The number of carbonyl (C=O) groups is 1. The second kappa shape index (κ2) is 7.93. The number of likely N-dealkylation sites (tertiary alicyclic amines) is 2. The van der Waals surface area contributed by atoms with Crippen molar-refractivity contribution in [3.63, 3.8) is 0 Å². The summed E-state index contributed by atoms with van der Waals surface area (Å²) >= 11 is 0. The highest BCUT2D eigenvalue weighted by atomic mass is 16.5. The lowest BCUT2D eigenvalue weighted by Gasteiger charge is -2.30. The zero-order valence-corrected chi connectivity index (χ0v) is 14.2. The van der Waals surface area contributed by atoms with Gasteiger partial charge in [-0.2, -0.15) is 5.26 Å². The number of rotatable bonds is 4. The van der Waals surface area contributed by atoms with E-state index in [-0.39, 0.29) is 6.10 Å². The maximum Gasteiger partial charge on any atom is 0.407 e. The number of benzene rings is 1. The second-order valence-corrected chi connectivity index (χ2v) is 6.51. The van der Waals surface area contributed by atoms with Crippen molar-refractivity contribution in [1.82, 2.24) is 9.80 Å². The molecule has 1 aromatic carbocycles. The maximum atomic E-state index is 11.0. The van der Waals surface area contributed by atoms with E-state index in [2.05, 4.69) is 17.2 Å². The lowest BCUT2D eigenvalue weighted by molar-refractivity contribution is 0.0895. The highest BCUT2D eigenvalue weighted by Crippen LogP contribution is 2.23. The summed E-state index contributed by atoms with van der Waals surface area (Å²) in [5.41, 5.74) is 1.48. The van der Waals surface area contributed by atoms with Gasteiger partial charge in [0, 0.05) is 39.0 Å². The molecule has 0 aliphatic carbocycles. The van der Waals surface area contributed by atoms with Gasteiger partial charge in [-0.15, -0.1) is 0 Å². The zero-order valence-electron chi connectivity index (χ0n) is 14.2. The van der Waals surface area contributed by atoms with E-state index < -0.39 is 6.09 Å². The van der Waals surface area contributed by atoms with Crippen molar-refractivity contribution in [2.75, 3.05) is 26.2 Å². The van der Waals surface area contributed by atoms with Gasteiger partial charge < -0.3 is 19.6 Å². The van der Waals surface area contributed by atoms with Gasteiger partial charge >= 0.3 is 6.09 Å². The van der Waals surface area contributed by atoms with Crippen LogP contribution in [-0.2, 0) is 0 Å². The number of nitrogens with zero attached hydrogens (tertiary/aromatic N) is 3. The average Bonchev–Trinajstić information content (AvgIpc) is 3.14. The van der Waals surface area contributed by atoms with Gasteiger partial charge in [-0.05, 0) is 48.9 Å². The van der Waals surface area contributed by atoms with Gasteiger partial charge in [0.2, 0.25) is 0 Å². The highest BCUT2D eigenvalue weighted by Gasteiger charge is 2.23. The van der Waals surface area contributed by atoms with Crippen molar-refractivity contribution in [3.8, 4) is 11.8 Å². The monoisotopic (exact) mass is 341 g/mol. The Bertz CT molecular complexity index is 682. The molecule has 25 heavy (non-hydrogen) atoms. The third-order valence-corrected chi connectivity index (χ3v) is 4.76. The molecule has 0 aromatic heterocycles. The van der Waals surface area contributed by atoms with Crippen molar-refractivity contribution in [2.24, 2.45) is 0 Å². The van der Waals surface area contributed by atoms with Crippen molar-refractivity contribution >= 4 is 12.2 Å². The largest absolute Gasteiger partial charge is 0.490 e. The summed E-state index contributed by atoms with van der Waals surface area (Å²) < 4.78 is 6.02. The fourth-order valence-corrected chi connectivity index (χ4v) is 3.29. The Morgan fingerprint density at radius 3 is 2.60 bits per heavy atom. The predicted molar refractivity (Wildman–Crippen MR) is 94.2 cm³/mol. The van der Waals surface area contributed by atoms with Crippen molar-refractivity contribution in [1.29, 1.82) is 5.26 Å². The lowest BCUT2D eigenvalue weighted by Crippen LogP contribution is -2.41. The third-order valence-electron chi connectivity index (χ3n) is 4.76. The van der Waals surface area contributed by atoms with Gasteiger partial charge in [0.15, 0.2) is 0 Å². The summed E-state index contributed by atoms with van der Waals surface area (Å²) in [6, 6.07) is 7.72. The Balaban J connectivity index is 1.65. The molecule has 2 fully saturated rings. The van der Waals surface area contributed by atoms with E-state index in [4.69, 9.17) is 9.84 Å². The molecule has 0 spiro atoms. The highest BCUT2D eigenvalue weighted by molar-refractivity contribution is 5.65. The molecule has 1 N–H and O–H groups in total. The number of piperidine rings is 1. The molecule has 1 amide bonds. The Morgan fingerprint density at radius 1 is 1.24 bits per heavy atom. The van der Waals surface area contributed by atoms with E-state index in [1.54, 1.807) is 6.07 Å². The molecule has 132 valence electrons. The third kappa shape index (κ3) is 4.44. The summed E-state index contributed by atoms with van der Waals surface area (Å²) in [6.07, 6.45) is 6.98. The van der Waals surface area contributed by atoms with Gasteiger partial charge in [0.05, 0.1) is 11.6 Å². The molecular weight excluding hydrogens is 318 g/mol. The number of ether oxygens (including phenoxy) is 1. The number of carboxylic acid groups (broad SMARTS) is 1. The summed E-state index contributed by atoms with van der Waals surface area (Å²) in [5, 5.41) is 18.3. The smallest absolute Gasteiger partial charge is 0.407 e. The number of amides is 1. The molecule has 0 bridgehead atoms. The fraction of sp³-hybridized carbons (Fsp3) is 0.474. The first-order valence-electron chi connectivity index (χ1n) is 8.76. The number of nitriles is 1. The maximum absolute atomic E-state index is 11.0. The zero-order chi connectivity index (χ0) is 17.6. The van der Waals surface area contributed by atoms with E-state index in [1.807, 2.05) is 18.2 Å². The lowest BCUT2D eigenvalue weighted by atomic mass is 10.1. The Morgan fingerprint density at radius 2 is 1.96 bits per heavy atom. The van der Waals surface area contributed by atoms with Crippen LogP contribution in [0.4, 0.5) is 4.79 Å².